The second kappa shape index (κ2) is 5.16. The van der Waals surface area contributed by atoms with Gasteiger partial charge in [0.05, 0.1) is 0 Å². The molecule has 1 aromatic carbocycles. The first kappa shape index (κ1) is 13.5. The van der Waals surface area contributed by atoms with Crippen molar-refractivity contribution in [3.63, 3.8) is 0 Å². The van der Waals surface area contributed by atoms with Crippen molar-refractivity contribution in [3.8, 4) is 5.75 Å². The Labute approximate surface area is 103 Å². The highest BCUT2D eigenvalue weighted by molar-refractivity contribution is 7.80. The van der Waals surface area contributed by atoms with Crippen LogP contribution in [-0.4, -0.2) is 13.9 Å². The Bertz CT molecular complexity index is 473. The SMILES string of the molecule is C=C(C)c1cc(NS(=O)[O-])cc(C(=C)C)c1O. The largest absolute Gasteiger partial charge is 0.755 e. The lowest BCUT2D eigenvalue weighted by atomic mass is 9.99. The molecule has 4 nitrogen and oxygen atoms in total. The van der Waals surface area contributed by atoms with E-state index in [1.54, 1.807) is 13.8 Å². The minimum atomic E-state index is -2.41. The molecule has 1 atom stereocenters. The van der Waals surface area contributed by atoms with E-state index in [2.05, 4.69) is 17.9 Å². The van der Waals surface area contributed by atoms with Crippen LogP contribution in [0.1, 0.15) is 25.0 Å². The highest BCUT2D eigenvalue weighted by atomic mass is 32.2. The molecule has 0 aliphatic rings. The number of allylic oxidation sites excluding steroid dienone is 2. The number of benzene rings is 1. The fraction of sp³-hybridized carbons (Fsp3) is 0.167. The molecule has 92 valence electrons. The molecule has 0 amide bonds. The third kappa shape index (κ3) is 3.18. The number of rotatable bonds is 4. The molecule has 0 saturated carbocycles. The fourth-order valence-electron chi connectivity index (χ4n) is 1.44. The molecule has 2 N–H and O–H groups in total. The average Bonchev–Trinajstić information content (AvgIpc) is 2.18. The van der Waals surface area contributed by atoms with E-state index < -0.39 is 11.3 Å². The summed E-state index contributed by atoms with van der Waals surface area (Å²) in [7, 11) is 0. The van der Waals surface area contributed by atoms with Gasteiger partial charge in [0.2, 0.25) is 0 Å². The Hall–Kier alpha value is -1.59. The van der Waals surface area contributed by atoms with Crippen molar-refractivity contribution >= 4 is 28.1 Å². The Balaban J connectivity index is 3.41. The molecular weight excluding hydrogens is 238 g/mol. The molecule has 0 bridgehead atoms. The Kier molecular flexibility index (Phi) is 4.09. The zero-order valence-electron chi connectivity index (χ0n) is 9.74. The molecule has 0 aliphatic carbocycles. The van der Waals surface area contributed by atoms with Crippen LogP contribution in [0.2, 0.25) is 0 Å². The van der Waals surface area contributed by atoms with E-state index >= 15 is 0 Å². The van der Waals surface area contributed by atoms with E-state index in [1.807, 2.05) is 0 Å². The third-order valence-electron chi connectivity index (χ3n) is 2.23. The lowest BCUT2D eigenvalue weighted by molar-refractivity contribution is 0.472. The monoisotopic (exact) mass is 252 g/mol. The van der Waals surface area contributed by atoms with E-state index in [9.17, 15) is 13.9 Å². The van der Waals surface area contributed by atoms with Gasteiger partial charge < -0.3 is 14.4 Å². The van der Waals surface area contributed by atoms with Gasteiger partial charge in [0.25, 0.3) is 0 Å². The van der Waals surface area contributed by atoms with Crippen molar-refractivity contribution in [3.05, 3.63) is 36.4 Å². The number of phenolic OH excluding ortho intramolecular Hbond substituents is 1. The van der Waals surface area contributed by atoms with Crippen molar-refractivity contribution in [1.29, 1.82) is 0 Å². The number of nitrogens with one attached hydrogen (secondary N) is 1. The molecular formula is C12H14NO3S-. The van der Waals surface area contributed by atoms with E-state index in [-0.39, 0.29) is 5.75 Å². The molecule has 0 radical (unpaired) electrons. The Morgan fingerprint density at radius 3 is 2.00 bits per heavy atom. The van der Waals surface area contributed by atoms with Crippen molar-refractivity contribution in [2.24, 2.45) is 0 Å². The zero-order chi connectivity index (χ0) is 13.2. The van der Waals surface area contributed by atoms with Gasteiger partial charge in [-0.3, -0.25) is 4.21 Å². The van der Waals surface area contributed by atoms with Gasteiger partial charge in [-0.2, -0.15) is 0 Å². The molecule has 0 aliphatic heterocycles. The minimum Gasteiger partial charge on any atom is -0.755 e. The molecule has 1 aromatic rings. The normalized spacial score (nSPS) is 11.9. The summed E-state index contributed by atoms with van der Waals surface area (Å²) in [6.45, 7) is 10.9. The summed E-state index contributed by atoms with van der Waals surface area (Å²) in [5.74, 6) is 0.0623. The van der Waals surface area contributed by atoms with Gasteiger partial charge in [0, 0.05) is 28.1 Å². The van der Waals surface area contributed by atoms with Crippen molar-refractivity contribution < 1.29 is 13.9 Å². The van der Waals surface area contributed by atoms with Gasteiger partial charge in [-0.25, -0.2) is 0 Å². The van der Waals surface area contributed by atoms with Crippen molar-refractivity contribution in [2.75, 3.05) is 4.72 Å². The molecule has 0 fully saturated rings. The maximum atomic E-state index is 10.6. The lowest BCUT2D eigenvalue weighted by Crippen LogP contribution is -2.03. The summed E-state index contributed by atoms with van der Waals surface area (Å²) in [6.07, 6.45) is 0. The van der Waals surface area contributed by atoms with Gasteiger partial charge in [0.1, 0.15) is 5.75 Å². The van der Waals surface area contributed by atoms with Crippen molar-refractivity contribution in [2.45, 2.75) is 13.8 Å². The zero-order valence-corrected chi connectivity index (χ0v) is 10.6. The first-order valence-corrected chi connectivity index (χ1v) is 5.95. The topological polar surface area (TPSA) is 72.4 Å². The number of aromatic hydroxyl groups is 1. The smallest absolute Gasteiger partial charge is 0.130 e. The second-order valence-electron chi connectivity index (χ2n) is 3.82. The lowest BCUT2D eigenvalue weighted by Gasteiger charge is -2.15. The van der Waals surface area contributed by atoms with Crippen LogP contribution in [0.3, 0.4) is 0 Å². The Morgan fingerprint density at radius 2 is 1.71 bits per heavy atom. The molecule has 17 heavy (non-hydrogen) atoms. The van der Waals surface area contributed by atoms with Crippen LogP contribution in [0.15, 0.2) is 25.3 Å². The van der Waals surface area contributed by atoms with Gasteiger partial charge in [-0.05, 0) is 37.1 Å². The highest BCUT2D eigenvalue weighted by Gasteiger charge is 2.11. The highest BCUT2D eigenvalue weighted by Crippen LogP contribution is 2.34. The van der Waals surface area contributed by atoms with Gasteiger partial charge >= 0.3 is 0 Å². The number of anilines is 1. The first-order chi connectivity index (χ1) is 7.82. The van der Waals surface area contributed by atoms with Crippen LogP contribution in [0, 0.1) is 0 Å². The maximum Gasteiger partial charge on any atom is 0.130 e. The van der Waals surface area contributed by atoms with E-state index in [0.717, 1.165) is 0 Å². The predicted molar refractivity (Wildman–Crippen MR) is 70.1 cm³/mol. The van der Waals surface area contributed by atoms with Crippen molar-refractivity contribution in [1.82, 2.24) is 0 Å². The third-order valence-corrected chi connectivity index (χ3v) is 2.63. The molecule has 0 heterocycles. The van der Waals surface area contributed by atoms with Gasteiger partial charge in [-0.15, -0.1) is 0 Å². The van der Waals surface area contributed by atoms with Crippen LogP contribution in [0.4, 0.5) is 5.69 Å². The Morgan fingerprint density at radius 1 is 1.29 bits per heavy atom. The fourth-order valence-corrected chi connectivity index (χ4v) is 1.75. The predicted octanol–water partition coefficient (Wildman–Crippen LogP) is 2.66. The van der Waals surface area contributed by atoms with Crippen LogP contribution in [0.5, 0.6) is 5.75 Å². The van der Waals surface area contributed by atoms with Crippen LogP contribution < -0.4 is 4.72 Å². The summed E-state index contributed by atoms with van der Waals surface area (Å²) in [5, 5.41) is 9.98. The summed E-state index contributed by atoms with van der Waals surface area (Å²) in [6, 6.07) is 3.06. The summed E-state index contributed by atoms with van der Waals surface area (Å²) in [4.78, 5) is 0. The van der Waals surface area contributed by atoms with E-state index in [0.29, 0.717) is 28.0 Å². The molecule has 0 aromatic heterocycles. The standard InChI is InChI=1S/C12H15NO3S/c1-7(2)10-5-9(13-17(15)16)6-11(8(3)4)12(10)14/h5-6,13-14H,1,3H2,2,4H3,(H,15,16)/p-1. The molecule has 0 saturated heterocycles. The number of hydrogen-bond donors (Lipinski definition) is 2. The van der Waals surface area contributed by atoms with Crippen LogP contribution in [-0.2, 0) is 11.3 Å². The second-order valence-corrected chi connectivity index (χ2v) is 4.49. The summed E-state index contributed by atoms with van der Waals surface area (Å²) >= 11 is -2.41. The van der Waals surface area contributed by atoms with Gasteiger partial charge in [0.15, 0.2) is 0 Å². The summed E-state index contributed by atoms with van der Waals surface area (Å²) < 4.78 is 23.4. The minimum absolute atomic E-state index is 0.0623. The van der Waals surface area contributed by atoms with Gasteiger partial charge in [-0.1, -0.05) is 13.2 Å². The number of hydrogen-bond acceptors (Lipinski definition) is 3. The first-order valence-electron chi connectivity index (χ1n) is 4.87. The van der Waals surface area contributed by atoms with E-state index in [1.165, 1.54) is 12.1 Å². The van der Waals surface area contributed by atoms with Crippen LogP contribution >= 0.6 is 0 Å². The quantitative estimate of drug-likeness (QED) is 0.639. The maximum absolute atomic E-state index is 10.6. The van der Waals surface area contributed by atoms with Crippen LogP contribution in [0.25, 0.3) is 11.1 Å². The van der Waals surface area contributed by atoms with E-state index in [4.69, 9.17) is 0 Å². The average molecular weight is 252 g/mol. The summed E-state index contributed by atoms with van der Waals surface area (Å²) in [5.41, 5.74) is 2.65. The molecule has 0 spiro atoms. The number of phenols is 1. The molecule has 1 rings (SSSR count). The molecule has 5 heteroatoms. The molecule has 1 unspecified atom stereocenters.